The van der Waals surface area contributed by atoms with E-state index in [1.165, 1.54) is 6.92 Å². The Morgan fingerprint density at radius 3 is 2.81 bits per heavy atom. The van der Waals surface area contributed by atoms with Crippen molar-refractivity contribution < 1.29 is 9.90 Å². The van der Waals surface area contributed by atoms with Crippen LogP contribution in [0.4, 0.5) is 0 Å². The first kappa shape index (κ1) is 10.8. The quantitative estimate of drug-likeness (QED) is 0.838. The maximum Gasteiger partial charge on any atom is 0.168 e. The number of ketones is 1. The summed E-state index contributed by atoms with van der Waals surface area (Å²) in [5.74, 6) is 0.477. The fourth-order valence-electron chi connectivity index (χ4n) is 1.66. The molecule has 4 heteroatoms. The predicted molar refractivity (Wildman–Crippen MR) is 61.1 cm³/mol. The molecule has 84 valence electrons. The second kappa shape index (κ2) is 4.06. The fourth-order valence-corrected chi connectivity index (χ4v) is 1.66. The summed E-state index contributed by atoms with van der Waals surface area (Å²) in [4.78, 5) is 15.8. The van der Waals surface area contributed by atoms with Crippen LogP contribution in [0.5, 0.6) is 0 Å². The summed E-state index contributed by atoms with van der Waals surface area (Å²) < 4.78 is 1.88. The molecule has 1 atom stereocenters. The van der Waals surface area contributed by atoms with E-state index in [2.05, 4.69) is 4.98 Å². The molecule has 0 aliphatic rings. The van der Waals surface area contributed by atoms with Gasteiger partial charge in [-0.05, 0) is 19.1 Å². The summed E-state index contributed by atoms with van der Waals surface area (Å²) >= 11 is 0. The molecule has 0 aliphatic carbocycles. The van der Waals surface area contributed by atoms with Crippen molar-refractivity contribution in [1.82, 2.24) is 9.55 Å². The van der Waals surface area contributed by atoms with Gasteiger partial charge in [0.05, 0.1) is 17.5 Å². The van der Waals surface area contributed by atoms with Gasteiger partial charge in [0.1, 0.15) is 11.9 Å². The highest BCUT2D eigenvalue weighted by Gasteiger charge is 2.14. The number of aliphatic hydroxyl groups excluding tert-OH is 1. The lowest BCUT2D eigenvalue weighted by Gasteiger charge is -2.03. The van der Waals surface area contributed by atoms with Crippen LogP contribution in [0.2, 0.25) is 0 Å². The molecule has 1 unspecified atom stereocenters. The van der Waals surface area contributed by atoms with E-state index >= 15 is 0 Å². The van der Waals surface area contributed by atoms with Gasteiger partial charge in [-0.1, -0.05) is 12.1 Å². The van der Waals surface area contributed by atoms with E-state index < -0.39 is 6.10 Å². The fraction of sp³-hybridized carbons (Fsp3) is 0.333. The molecule has 4 nitrogen and oxygen atoms in total. The number of hydrogen-bond acceptors (Lipinski definition) is 3. The van der Waals surface area contributed by atoms with Crippen LogP contribution in [0.3, 0.4) is 0 Å². The Morgan fingerprint density at radius 2 is 2.19 bits per heavy atom. The third kappa shape index (κ3) is 1.84. The van der Waals surface area contributed by atoms with Gasteiger partial charge in [-0.15, -0.1) is 0 Å². The molecule has 0 radical (unpaired) electrons. The lowest BCUT2D eigenvalue weighted by molar-refractivity contribution is -0.125. The number of carbonyl (C=O) groups excluding carboxylic acids is 1. The lowest BCUT2D eigenvalue weighted by atomic mass is 10.2. The van der Waals surface area contributed by atoms with Crippen LogP contribution in [-0.4, -0.2) is 26.5 Å². The van der Waals surface area contributed by atoms with E-state index in [0.29, 0.717) is 5.82 Å². The summed E-state index contributed by atoms with van der Waals surface area (Å²) in [6.07, 6.45) is -0.761. The normalized spacial score (nSPS) is 12.9. The summed E-state index contributed by atoms with van der Waals surface area (Å²) in [6.45, 7) is 1.48. The van der Waals surface area contributed by atoms with Gasteiger partial charge in [-0.25, -0.2) is 4.98 Å². The summed E-state index contributed by atoms with van der Waals surface area (Å²) in [5.41, 5.74) is 1.87. The Labute approximate surface area is 93.5 Å². The summed E-state index contributed by atoms with van der Waals surface area (Å²) in [6, 6.07) is 7.71. The number of fused-ring (bicyclic) bond motifs is 1. The van der Waals surface area contributed by atoms with Gasteiger partial charge in [0, 0.05) is 7.05 Å². The van der Waals surface area contributed by atoms with Gasteiger partial charge in [0.15, 0.2) is 5.78 Å². The van der Waals surface area contributed by atoms with Crippen LogP contribution < -0.4 is 0 Å². The number of hydrogen-bond donors (Lipinski definition) is 1. The van der Waals surface area contributed by atoms with Crippen LogP contribution in [0.1, 0.15) is 12.7 Å². The third-order valence-electron chi connectivity index (χ3n) is 2.68. The van der Waals surface area contributed by atoms with E-state index in [-0.39, 0.29) is 12.2 Å². The van der Waals surface area contributed by atoms with E-state index in [1.54, 1.807) is 0 Å². The highest BCUT2D eigenvalue weighted by atomic mass is 16.3. The van der Waals surface area contributed by atoms with Crippen LogP contribution in [0.25, 0.3) is 11.0 Å². The van der Waals surface area contributed by atoms with Crippen molar-refractivity contribution in [3.8, 4) is 0 Å². The molecule has 2 aromatic rings. The van der Waals surface area contributed by atoms with E-state index in [4.69, 9.17) is 5.11 Å². The summed E-state index contributed by atoms with van der Waals surface area (Å²) in [7, 11) is 1.87. The molecule has 0 bridgehead atoms. The number of aliphatic hydroxyl groups is 1. The average molecular weight is 218 g/mol. The zero-order valence-corrected chi connectivity index (χ0v) is 9.34. The van der Waals surface area contributed by atoms with Crippen LogP contribution in [0, 0.1) is 0 Å². The third-order valence-corrected chi connectivity index (χ3v) is 2.68. The molecular weight excluding hydrogens is 204 g/mol. The topological polar surface area (TPSA) is 55.1 Å². The zero-order chi connectivity index (χ0) is 11.7. The van der Waals surface area contributed by atoms with Crippen molar-refractivity contribution in [2.75, 3.05) is 0 Å². The first-order chi connectivity index (χ1) is 7.59. The van der Waals surface area contributed by atoms with Crippen LogP contribution in [0.15, 0.2) is 24.3 Å². The zero-order valence-electron chi connectivity index (χ0n) is 9.34. The molecule has 1 heterocycles. The van der Waals surface area contributed by atoms with Crippen molar-refractivity contribution in [2.45, 2.75) is 19.4 Å². The number of carbonyl (C=O) groups is 1. The molecule has 1 N–H and O–H groups in total. The Morgan fingerprint density at radius 1 is 1.50 bits per heavy atom. The van der Waals surface area contributed by atoms with Crippen molar-refractivity contribution >= 4 is 16.8 Å². The number of benzene rings is 1. The van der Waals surface area contributed by atoms with Gasteiger partial charge in [0.25, 0.3) is 0 Å². The van der Waals surface area contributed by atoms with Crippen molar-refractivity contribution in [2.24, 2.45) is 7.05 Å². The molecule has 0 saturated carbocycles. The number of aromatic nitrogens is 2. The molecule has 16 heavy (non-hydrogen) atoms. The largest absolute Gasteiger partial charge is 0.386 e. The first-order valence-corrected chi connectivity index (χ1v) is 5.20. The molecule has 0 saturated heterocycles. The molecule has 0 amide bonds. The molecule has 0 spiro atoms. The second-order valence-corrected chi connectivity index (χ2v) is 3.89. The number of para-hydroxylation sites is 2. The van der Waals surface area contributed by atoms with Crippen molar-refractivity contribution in [1.29, 1.82) is 0 Å². The smallest absolute Gasteiger partial charge is 0.168 e. The number of imidazole rings is 1. The van der Waals surface area contributed by atoms with Gasteiger partial charge in [-0.3, -0.25) is 4.79 Å². The summed E-state index contributed by atoms with van der Waals surface area (Å²) in [5, 5.41) is 9.16. The van der Waals surface area contributed by atoms with Crippen molar-refractivity contribution in [3.63, 3.8) is 0 Å². The van der Waals surface area contributed by atoms with E-state index in [9.17, 15) is 4.79 Å². The lowest BCUT2D eigenvalue weighted by Crippen LogP contribution is -2.20. The Kier molecular flexibility index (Phi) is 2.75. The minimum Gasteiger partial charge on any atom is -0.386 e. The SMILES string of the molecule is CC(O)C(=O)Cc1nc2ccccc2n1C. The van der Waals surface area contributed by atoms with Crippen LogP contribution >= 0.6 is 0 Å². The molecule has 0 fully saturated rings. The van der Waals surface area contributed by atoms with Gasteiger partial charge in [-0.2, -0.15) is 0 Å². The second-order valence-electron chi connectivity index (χ2n) is 3.89. The minimum atomic E-state index is -0.931. The number of Topliss-reactive ketones (excluding diaryl/α,β-unsaturated/α-hetero) is 1. The Hall–Kier alpha value is -1.68. The van der Waals surface area contributed by atoms with E-state index in [0.717, 1.165) is 11.0 Å². The number of aryl methyl sites for hydroxylation is 1. The average Bonchev–Trinajstić information content (AvgIpc) is 2.56. The minimum absolute atomic E-state index is 0.169. The highest BCUT2D eigenvalue weighted by Crippen LogP contribution is 2.14. The maximum atomic E-state index is 11.4. The van der Waals surface area contributed by atoms with Crippen LogP contribution in [-0.2, 0) is 18.3 Å². The first-order valence-electron chi connectivity index (χ1n) is 5.20. The Bertz CT molecular complexity index is 529. The van der Waals surface area contributed by atoms with Crippen molar-refractivity contribution in [3.05, 3.63) is 30.1 Å². The predicted octanol–water partition coefficient (Wildman–Crippen LogP) is 1.07. The van der Waals surface area contributed by atoms with Gasteiger partial charge in [0.2, 0.25) is 0 Å². The highest BCUT2D eigenvalue weighted by molar-refractivity contribution is 5.85. The Balaban J connectivity index is 2.38. The molecule has 1 aromatic carbocycles. The molecular formula is C12H14N2O2. The standard InChI is InChI=1S/C12H14N2O2/c1-8(15)11(16)7-12-13-9-5-3-4-6-10(9)14(12)2/h3-6,8,15H,7H2,1-2H3. The molecule has 1 aromatic heterocycles. The van der Waals surface area contributed by atoms with Gasteiger partial charge < -0.3 is 9.67 Å². The molecule has 0 aliphatic heterocycles. The number of rotatable bonds is 3. The monoisotopic (exact) mass is 218 g/mol. The number of nitrogens with zero attached hydrogens (tertiary/aromatic N) is 2. The molecule has 2 rings (SSSR count). The van der Waals surface area contributed by atoms with E-state index in [1.807, 2.05) is 35.9 Å². The van der Waals surface area contributed by atoms with Gasteiger partial charge >= 0.3 is 0 Å². The maximum absolute atomic E-state index is 11.4.